The van der Waals surface area contributed by atoms with Gasteiger partial charge in [-0.05, 0) is 54.6 Å². The van der Waals surface area contributed by atoms with Crippen LogP contribution in [0.4, 0.5) is 4.39 Å². The van der Waals surface area contributed by atoms with Crippen molar-refractivity contribution in [2.75, 3.05) is 26.2 Å². The quantitative estimate of drug-likeness (QED) is 0.431. The van der Waals surface area contributed by atoms with E-state index >= 15 is 0 Å². The van der Waals surface area contributed by atoms with Crippen LogP contribution in [0.1, 0.15) is 5.82 Å². The van der Waals surface area contributed by atoms with Gasteiger partial charge in [-0.25, -0.2) is 22.8 Å². The summed E-state index contributed by atoms with van der Waals surface area (Å²) in [5.74, 6) is 0.389. The monoisotopic (exact) mass is 485 g/mol. The Bertz CT molecular complexity index is 1400. The first-order valence-electron chi connectivity index (χ1n) is 10.5. The van der Waals surface area contributed by atoms with E-state index in [0.717, 1.165) is 11.3 Å². The molecule has 0 radical (unpaired) electrons. The molecule has 0 unspecified atom stereocenters. The fraction of sp³-hybridized carbons (Fsp3) is 0.217. The van der Waals surface area contributed by atoms with Crippen molar-refractivity contribution in [3.8, 4) is 5.69 Å². The molecule has 0 atom stereocenters. The lowest BCUT2D eigenvalue weighted by Crippen LogP contribution is -2.48. The van der Waals surface area contributed by atoms with Crippen molar-refractivity contribution in [1.29, 1.82) is 0 Å². The van der Waals surface area contributed by atoms with Gasteiger partial charge in [0.25, 0.3) is 0 Å². The second-order valence-electron chi connectivity index (χ2n) is 7.82. The average Bonchev–Trinajstić information content (AvgIpc) is 3.17. The molecule has 0 saturated carbocycles. The van der Waals surface area contributed by atoms with Crippen molar-refractivity contribution in [2.24, 2.45) is 0 Å². The first-order chi connectivity index (χ1) is 15.9. The van der Waals surface area contributed by atoms with E-state index in [1.165, 1.54) is 28.6 Å². The van der Waals surface area contributed by atoms with Crippen molar-refractivity contribution in [3.05, 3.63) is 83.5 Å². The summed E-state index contributed by atoms with van der Waals surface area (Å²) in [5, 5.41) is 0.495. The van der Waals surface area contributed by atoms with Gasteiger partial charge in [0, 0.05) is 37.4 Å². The third kappa shape index (κ3) is 4.37. The molecule has 1 fully saturated rings. The molecule has 1 saturated heterocycles. The Hall–Kier alpha value is -2.85. The number of aromatic nitrogens is 3. The summed E-state index contributed by atoms with van der Waals surface area (Å²) in [5.41, 5.74) is 2.03. The van der Waals surface area contributed by atoms with Crippen molar-refractivity contribution >= 4 is 32.8 Å². The molecule has 0 amide bonds. The zero-order valence-corrected chi connectivity index (χ0v) is 19.2. The number of hydrogen-bond acceptors (Lipinski definition) is 5. The minimum absolute atomic E-state index is 0.235. The van der Waals surface area contributed by atoms with Crippen LogP contribution >= 0.6 is 11.6 Å². The first kappa shape index (κ1) is 22.0. The van der Waals surface area contributed by atoms with Crippen LogP contribution in [0.5, 0.6) is 0 Å². The summed E-state index contributed by atoms with van der Waals surface area (Å²) < 4.78 is 43.2. The van der Waals surface area contributed by atoms with Crippen LogP contribution in [-0.2, 0) is 16.6 Å². The molecule has 33 heavy (non-hydrogen) atoms. The normalized spacial score (nSPS) is 15.8. The summed E-state index contributed by atoms with van der Waals surface area (Å²) in [6.07, 6.45) is 1.68. The van der Waals surface area contributed by atoms with E-state index in [9.17, 15) is 12.8 Å². The van der Waals surface area contributed by atoms with Crippen LogP contribution in [0.25, 0.3) is 16.9 Å². The molecule has 7 nitrogen and oxygen atoms in total. The van der Waals surface area contributed by atoms with E-state index in [0.29, 0.717) is 49.1 Å². The zero-order chi connectivity index (χ0) is 23.0. The highest BCUT2D eigenvalue weighted by atomic mass is 35.5. The number of fused-ring (bicyclic) bond motifs is 1. The highest BCUT2D eigenvalue weighted by Gasteiger charge is 2.29. The molecule has 10 heteroatoms. The zero-order valence-electron chi connectivity index (χ0n) is 17.6. The van der Waals surface area contributed by atoms with Crippen LogP contribution in [-0.4, -0.2) is 58.3 Å². The van der Waals surface area contributed by atoms with E-state index in [2.05, 4.69) is 9.88 Å². The fourth-order valence-electron chi connectivity index (χ4n) is 4.04. The minimum Gasteiger partial charge on any atom is -0.293 e. The SMILES string of the molecule is O=S(=O)(c1ccc(Cl)cc1)N1CCN(Cc2nc3cccnc3n2-c2cccc(F)c2)CC1. The van der Waals surface area contributed by atoms with Crippen molar-refractivity contribution in [2.45, 2.75) is 11.4 Å². The maximum Gasteiger partial charge on any atom is 0.243 e. The Morgan fingerprint density at radius 3 is 2.45 bits per heavy atom. The topological polar surface area (TPSA) is 71.3 Å². The molecule has 1 aliphatic heterocycles. The van der Waals surface area contributed by atoms with E-state index < -0.39 is 10.0 Å². The van der Waals surface area contributed by atoms with Crippen molar-refractivity contribution in [1.82, 2.24) is 23.7 Å². The lowest BCUT2D eigenvalue weighted by atomic mass is 10.3. The summed E-state index contributed by atoms with van der Waals surface area (Å²) in [6.45, 7) is 2.31. The predicted molar refractivity (Wildman–Crippen MR) is 124 cm³/mol. The number of halogens is 2. The highest BCUT2D eigenvalue weighted by Crippen LogP contribution is 2.23. The lowest BCUT2D eigenvalue weighted by Gasteiger charge is -2.33. The van der Waals surface area contributed by atoms with Gasteiger partial charge in [0.2, 0.25) is 10.0 Å². The second-order valence-corrected chi connectivity index (χ2v) is 10.2. The molecule has 2 aromatic carbocycles. The van der Waals surface area contributed by atoms with Gasteiger partial charge >= 0.3 is 0 Å². The van der Waals surface area contributed by atoms with Gasteiger partial charge in [0.05, 0.1) is 17.1 Å². The van der Waals surface area contributed by atoms with Gasteiger partial charge in [-0.15, -0.1) is 0 Å². The molecule has 4 aromatic rings. The standard InChI is InChI=1S/C23H21ClFN5O2S/c24-17-6-8-20(9-7-17)33(31,32)29-13-11-28(12-14-29)16-22-27-21-5-2-10-26-23(21)30(22)19-4-1-3-18(25)15-19/h1-10,15H,11-14,16H2. The highest BCUT2D eigenvalue weighted by molar-refractivity contribution is 7.89. The van der Waals surface area contributed by atoms with E-state index in [1.807, 2.05) is 22.8 Å². The Labute approximate surface area is 196 Å². The number of piperazine rings is 1. The third-order valence-electron chi connectivity index (χ3n) is 5.70. The number of sulfonamides is 1. The average molecular weight is 486 g/mol. The number of hydrogen-bond donors (Lipinski definition) is 0. The summed E-state index contributed by atoms with van der Waals surface area (Å²) in [6, 6.07) is 16.2. The van der Waals surface area contributed by atoms with Crippen molar-refractivity contribution in [3.63, 3.8) is 0 Å². The van der Waals surface area contributed by atoms with Crippen LogP contribution in [0.3, 0.4) is 0 Å². The van der Waals surface area contributed by atoms with Crippen LogP contribution in [0.2, 0.25) is 5.02 Å². The number of rotatable bonds is 5. The number of pyridine rings is 1. The molecular formula is C23H21ClFN5O2S. The molecule has 170 valence electrons. The Morgan fingerprint density at radius 1 is 0.970 bits per heavy atom. The van der Waals surface area contributed by atoms with Gasteiger partial charge in [0.1, 0.15) is 17.2 Å². The summed E-state index contributed by atoms with van der Waals surface area (Å²) in [7, 11) is -3.58. The number of benzene rings is 2. The van der Waals surface area contributed by atoms with E-state index in [1.54, 1.807) is 24.4 Å². The molecule has 3 heterocycles. The first-order valence-corrected chi connectivity index (χ1v) is 12.3. The molecule has 0 bridgehead atoms. The van der Waals surface area contributed by atoms with Crippen LogP contribution in [0.15, 0.2) is 71.8 Å². The fourth-order valence-corrected chi connectivity index (χ4v) is 5.58. The molecule has 1 aliphatic rings. The lowest BCUT2D eigenvalue weighted by molar-refractivity contribution is 0.177. The summed E-state index contributed by atoms with van der Waals surface area (Å²) in [4.78, 5) is 11.6. The van der Waals surface area contributed by atoms with Gasteiger partial charge in [-0.2, -0.15) is 4.31 Å². The van der Waals surface area contributed by atoms with Gasteiger partial charge in [0.15, 0.2) is 5.65 Å². The molecule has 2 aromatic heterocycles. The van der Waals surface area contributed by atoms with Crippen molar-refractivity contribution < 1.29 is 12.8 Å². The third-order valence-corrected chi connectivity index (χ3v) is 7.86. The molecule has 0 N–H and O–H groups in total. The Balaban J connectivity index is 1.37. The van der Waals surface area contributed by atoms with Crippen LogP contribution in [0, 0.1) is 5.82 Å². The second kappa shape index (κ2) is 8.83. The van der Waals surface area contributed by atoms with Gasteiger partial charge in [-0.1, -0.05) is 17.7 Å². The Morgan fingerprint density at radius 2 is 1.73 bits per heavy atom. The van der Waals surface area contributed by atoms with E-state index in [4.69, 9.17) is 16.6 Å². The maximum atomic E-state index is 13.9. The number of nitrogens with zero attached hydrogens (tertiary/aromatic N) is 5. The molecule has 0 aliphatic carbocycles. The molecule has 5 rings (SSSR count). The van der Waals surface area contributed by atoms with E-state index in [-0.39, 0.29) is 10.7 Å². The van der Waals surface area contributed by atoms with Gasteiger partial charge < -0.3 is 0 Å². The largest absolute Gasteiger partial charge is 0.293 e. The Kier molecular flexibility index (Phi) is 5.88. The van der Waals surface area contributed by atoms with Gasteiger partial charge in [-0.3, -0.25) is 9.47 Å². The summed E-state index contributed by atoms with van der Waals surface area (Å²) >= 11 is 5.89. The number of imidazole rings is 1. The maximum absolute atomic E-state index is 13.9. The minimum atomic E-state index is -3.58. The molecular weight excluding hydrogens is 465 g/mol. The molecule has 0 spiro atoms. The predicted octanol–water partition coefficient (Wildman–Crippen LogP) is 3.72. The van der Waals surface area contributed by atoms with Crippen LogP contribution < -0.4 is 0 Å². The smallest absolute Gasteiger partial charge is 0.243 e.